The lowest BCUT2D eigenvalue weighted by Crippen LogP contribution is -2.92. The molecule has 1 heterocycles. The minimum Gasteiger partial charge on any atom is -0.118 e. The van der Waals surface area contributed by atoms with Gasteiger partial charge >= 0.3 is 0 Å². The first-order valence-electron chi connectivity index (χ1n) is 13.5. The average molecular weight is 683 g/mol. The Morgan fingerprint density at radius 1 is 0.444 bits per heavy atom. The maximum atomic E-state index is 4.82. The first-order chi connectivity index (χ1) is 16.0. The number of hydrogen-bond donors (Lipinski definition) is 0. The molecule has 1 aliphatic heterocycles. The van der Waals surface area contributed by atoms with Crippen LogP contribution < -0.4 is 20.7 Å². The van der Waals surface area contributed by atoms with Crippen LogP contribution in [0.1, 0.15) is 83.1 Å². The largest absolute Gasteiger partial charge is 0.181 e. The van der Waals surface area contributed by atoms with E-state index >= 15 is 0 Å². The summed E-state index contributed by atoms with van der Waals surface area (Å²) in [5.41, 5.74) is 0. The summed E-state index contributed by atoms with van der Waals surface area (Å²) in [4.78, 5) is 0. The van der Waals surface area contributed by atoms with Crippen molar-refractivity contribution in [1.82, 2.24) is 0 Å². The molecule has 0 fully saturated rings. The summed E-state index contributed by atoms with van der Waals surface area (Å²) in [6.45, 7) is 35.8. The van der Waals surface area contributed by atoms with Crippen LogP contribution in [0, 0.1) is 0 Å². The van der Waals surface area contributed by atoms with Gasteiger partial charge in [0.2, 0.25) is 0 Å². The molecular weight excluding hydrogens is 632 g/mol. The molecule has 2 aromatic rings. The molecule has 3 rings (SSSR count). The van der Waals surface area contributed by atoms with Crippen LogP contribution in [0.15, 0.2) is 48.5 Å². The van der Waals surface area contributed by atoms with Gasteiger partial charge in [-0.2, -0.15) is 0 Å². The van der Waals surface area contributed by atoms with Crippen molar-refractivity contribution in [2.75, 3.05) is 0 Å². The molecule has 0 bridgehead atoms. The zero-order valence-corrected chi connectivity index (χ0v) is 32.5. The van der Waals surface area contributed by atoms with Gasteiger partial charge in [-0.05, 0) is 40.9 Å². The molecule has 0 aliphatic carbocycles. The second-order valence-corrected chi connectivity index (χ2v) is 53.0. The van der Waals surface area contributed by atoms with Crippen LogP contribution in [0.4, 0.5) is 0 Å². The van der Waals surface area contributed by atoms with Crippen molar-refractivity contribution in [2.24, 2.45) is 0 Å². The van der Waals surface area contributed by atoms with E-state index in [1.165, 1.54) is 0 Å². The number of halogens is 2. The molecule has 0 aromatic heterocycles. The molecule has 2 aromatic carbocycles. The van der Waals surface area contributed by atoms with Crippen molar-refractivity contribution in [1.29, 1.82) is 0 Å². The van der Waals surface area contributed by atoms with Gasteiger partial charge in [-0.3, -0.25) is 0 Å². The van der Waals surface area contributed by atoms with E-state index in [4.69, 9.17) is 30.6 Å². The molecule has 0 amide bonds. The number of benzene rings is 2. The Kier molecular flexibility index (Phi) is 7.60. The average Bonchev–Trinajstić information content (AvgIpc) is 2.73. The van der Waals surface area contributed by atoms with Crippen LogP contribution >= 0.6 is 30.6 Å². The Labute approximate surface area is 242 Å². The molecule has 0 atom stereocenters. The zero-order valence-electron chi connectivity index (χ0n) is 25.4. The van der Waals surface area contributed by atoms with Crippen LogP contribution in [0.3, 0.4) is 0 Å². The van der Waals surface area contributed by atoms with Gasteiger partial charge in [-0.25, -0.2) is 0 Å². The number of hydrogen-bond acceptors (Lipinski definition) is 0. The van der Waals surface area contributed by atoms with Crippen molar-refractivity contribution in [3.8, 4) is 0 Å². The molecule has 0 N–H and O–H groups in total. The van der Waals surface area contributed by atoms with E-state index in [0.717, 1.165) is 0 Å². The van der Waals surface area contributed by atoms with Gasteiger partial charge in [0.25, 0.3) is 0 Å². The fourth-order valence-corrected chi connectivity index (χ4v) is 75.3. The summed E-state index contributed by atoms with van der Waals surface area (Å²) in [6, 6.07) is 19.5. The predicted molar refractivity (Wildman–Crippen MR) is 183 cm³/mol. The number of fused-ring (bicyclic) bond motifs is 2. The highest BCUT2D eigenvalue weighted by molar-refractivity contribution is 9.29. The quantitative estimate of drug-likeness (QED) is 0.221. The van der Waals surface area contributed by atoms with Gasteiger partial charge in [0.1, 0.15) is 0 Å². The monoisotopic (exact) mass is 680 g/mol. The SMILES string of the molecule is CC(C)(C)[Si](C)(C(C)(C)C)[Si]1(Br)c2ccccc2[Si](Br)([Si](C)(C(C)(C)C)C(C)(C)C)c2ccccc21. The maximum absolute atomic E-state index is 4.82. The molecule has 1 aliphatic rings. The van der Waals surface area contributed by atoms with E-state index in [1.54, 1.807) is 20.7 Å². The highest BCUT2D eigenvalue weighted by Gasteiger charge is 2.72. The van der Waals surface area contributed by atoms with Gasteiger partial charge < -0.3 is 0 Å². The Bertz CT molecular complexity index is 978. The summed E-state index contributed by atoms with van der Waals surface area (Å²) < 4.78 is 0. The Balaban J connectivity index is 2.66. The summed E-state index contributed by atoms with van der Waals surface area (Å²) in [5.74, 6) is 0. The van der Waals surface area contributed by atoms with Gasteiger partial charge in [0, 0.05) is 0 Å². The third kappa shape index (κ3) is 3.77. The molecule has 0 radical (unpaired) electrons. The van der Waals surface area contributed by atoms with Crippen molar-refractivity contribution in [2.45, 2.75) is 116 Å². The maximum Gasteiger partial charge on any atom is 0.181 e. The third-order valence-electron chi connectivity index (χ3n) is 10.7. The van der Waals surface area contributed by atoms with E-state index in [0.29, 0.717) is 0 Å². The zero-order chi connectivity index (χ0) is 28.0. The van der Waals surface area contributed by atoms with E-state index in [2.05, 4.69) is 145 Å². The van der Waals surface area contributed by atoms with Gasteiger partial charge in [-0.15, -0.1) is 30.6 Å². The molecule has 0 unspecified atom stereocenters. The smallest absolute Gasteiger partial charge is 0.118 e. The highest BCUT2D eigenvalue weighted by atomic mass is 79.9. The van der Waals surface area contributed by atoms with Crippen molar-refractivity contribution >= 4 is 78.9 Å². The standard InChI is InChI=1S/C30H50Br2Si4/c1-27(2,3)33(13,28(4,5)6)35(31)23-19-15-17-21-25(23)36(32,26-22-18-16-20-24(26)35)34(14,29(7,8)9)30(10,11)12/h15-22H,1-14H3. The lowest BCUT2D eigenvalue weighted by Gasteiger charge is -2.64. The first-order valence-corrected chi connectivity index (χ1v) is 29.0. The molecule has 36 heavy (non-hydrogen) atoms. The molecule has 200 valence electrons. The highest BCUT2D eigenvalue weighted by Crippen LogP contribution is 2.59. The molecule has 0 spiro atoms. The van der Waals surface area contributed by atoms with E-state index in [9.17, 15) is 0 Å². The molecule has 6 heteroatoms. The van der Waals surface area contributed by atoms with Crippen molar-refractivity contribution in [3.63, 3.8) is 0 Å². The van der Waals surface area contributed by atoms with Gasteiger partial charge in [0.05, 0.1) is 15.2 Å². The summed E-state index contributed by atoms with van der Waals surface area (Å²) in [7, 11) is -4.04. The lowest BCUT2D eigenvalue weighted by atomic mass is 10.2. The second kappa shape index (κ2) is 8.89. The summed E-state index contributed by atoms with van der Waals surface area (Å²) >= 11 is 9.65. The normalized spacial score (nSPS) is 23.8. The topological polar surface area (TPSA) is 0 Å². The first kappa shape index (κ1) is 30.8. The molecule has 0 nitrogen and oxygen atoms in total. The third-order valence-corrected chi connectivity index (χ3v) is 70.6. The lowest BCUT2D eigenvalue weighted by molar-refractivity contribution is 0.634. The Hall–Kier alpha value is 0.268. The minimum atomic E-state index is -2.31. The minimum absolute atomic E-state index is 0.240. The fraction of sp³-hybridized carbons (Fsp3) is 0.600. The van der Waals surface area contributed by atoms with Crippen LogP contribution in [-0.2, 0) is 0 Å². The molecule has 0 saturated carbocycles. The fourth-order valence-electron chi connectivity index (χ4n) is 7.85. The van der Waals surface area contributed by atoms with Crippen LogP contribution in [0.5, 0.6) is 0 Å². The Morgan fingerprint density at radius 2 is 0.611 bits per heavy atom. The van der Waals surface area contributed by atoms with E-state index < -0.39 is 27.6 Å². The molecule has 0 saturated heterocycles. The second-order valence-electron chi connectivity index (χ2n) is 15.7. The van der Waals surface area contributed by atoms with Gasteiger partial charge in [0.15, 0.2) is 12.4 Å². The van der Waals surface area contributed by atoms with Crippen molar-refractivity contribution < 1.29 is 0 Å². The number of rotatable bonds is 2. The van der Waals surface area contributed by atoms with Crippen molar-refractivity contribution in [3.05, 3.63) is 48.5 Å². The summed E-state index contributed by atoms with van der Waals surface area (Å²) in [5, 5.41) is 7.68. The van der Waals surface area contributed by atoms with E-state index in [-0.39, 0.29) is 20.2 Å². The Morgan fingerprint density at radius 3 is 0.750 bits per heavy atom. The van der Waals surface area contributed by atoms with Crippen LogP contribution in [0.25, 0.3) is 0 Å². The summed E-state index contributed by atoms with van der Waals surface area (Å²) in [6.07, 6.45) is -4.62. The van der Waals surface area contributed by atoms with E-state index in [1.807, 2.05) is 0 Å². The van der Waals surface area contributed by atoms with Gasteiger partial charge in [-0.1, -0.05) is 145 Å². The molecular formula is C30H50Br2Si4. The predicted octanol–water partition coefficient (Wildman–Crippen LogP) is 8.42. The van der Waals surface area contributed by atoms with Crippen LogP contribution in [-0.4, -0.2) is 27.6 Å². The van der Waals surface area contributed by atoms with Crippen LogP contribution in [0.2, 0.25) is 33.2 Å².